The fourth-order valence-electron chi connectivity index (χ4n) is 1.94. The number of nitrogens with one attached hydrogen (secondary N) is 1. The Bertz CT molecular complexity index is 840. The molecule has 0 unspecified atom stereocenters. The summed E-state index contributed by atoms with van der Waals surface area (Å²) in [7, 11) is 0. The summed E-state index contributed by atoms with van der Waals surface area (Å²) in [5.41, 5.74) is 0.190. The number of ether oxygens (including phenoxy) is 2. The smallest absolute Gasteiger partial charge is 0.344 e. The third kappa shape index (κ3) is 5.55. The Balaban J connectivity index is 1.82. The number of nitrogens with zero attached hydrogens (tertiary/aromatic N) is 1. The van der Waals surface area contributed by atoms with Crippen molar-refractivity contribution in [1.82, 2.24) is 0 Å². The fourth-order valence-corrected chi connectivity index (χ4v) is 1.94. The van der Waals surface area contributed by atoms with Crippen LogP contribution in [0.3, 0.4) is 0 Å². The molecule has 0 spiro atoms. The third-order valence-electron chi connectivity index (χ3n) is 3.15. The summed E-state index contributed by atoms with van der Waals surface area (Å²) >= 11 is 0. The molecule has 1 amide bonds. The van der Waals surface area contributed by atoms with E-state index < -0.39 is 35.8 Å². The highest BCUT2D eigenvalue weighted by Crippen LogP contribution is 2.21. The van der Waals surface area contributed by atoms with Crippen molar-refractivity contribution in [2.24, 2.45) is 0 Å². The number of esters is 1. The largest absolute Gasteiger partial charge is 0.482 e. The van der Waals surface area contributed by atoms with Crippen molar-refractivity contribution in [2.45, 2.75) is 6.92 Å². The lowest BCUT2D eigenvalue weighted by Crippen LogP contribution is -2.24. The lowest BCUT2D eigenvalue weighted by atomic mass is 10.2. The van der Waals surface area contributed by atoms with E-state index in [1.165, 1.54) is 0 Å². The topological polar surface area (TPSA) is 108 Å². The van der Waals surface area contributed by atoms with Gasteiger partial charge in [0.15, 0.2) is 13.2 Å². The molecule has 0 heterocycles. The highest BCUT2D eigenvalue weighted by molar-refractivity contribution is 5.93. The van der Waals surface area contributed by atoms with E-state index in [1.54, 1.807) is 18.2 Å². The summed E-state index contributed by atoms with van der Waals surface area (Å²) in [4.78, 5) is 33.2. The number of rotatable bonds is 7. The molecule has 2 aromatic carbocycles. The van der Waals surface area contributed by atoms with Crippen molar-refractivity contribution in [2.75, 3.05) is 18.5 Å². The summed E-state index contributed by atoms with van der Waals surface area (Å²) in [5, 5.41) is 12.8. The fraction of sp³-hybridized carbons (Fsp3) is 0.176. The average Bonchev–Trinajstić information content (AvgIpc) is 2.60. The predicted octanol–water partition coefficient (Wildman–Crippen LogP) is 2.60. The van der Waals surface area contributed by atoms with E-state index in [2.05, 4.69) is 5.32 Å². The quantitative estimate of drug-likeness (QED) is 0.461. The van der Waals surface area contributed by atoms with Gasteiger partial charge in [-0.25, -0.2) is 9.18 Å². The minimum absolute atomic E-state index is 0.378. The van der Waals surface area contributed by atoms with E-state index in [1.807, 2.05) is 13.0 Å². The van der Waals surface area contributed by atoms with Crippen LogP contribution in [0, 0.1) is 22.9 Å². The maximum atomic E-state index is 13.6. The number of nitro benzene ring substituents is 1. The number of nitro groups is 1. The van der Waals surface area contributed by atoms with Crippen LogP contribution in [-0.4, -0.2) is 30.0 Å². The van der Waals surface area contributed by atoms with Crippen molar-refractivity contribution < 1.29 is 28.4 Å². The maximum Gasteiger partial charge on any atom is 0.344 e. The molecule has 0 aliphatic carbocycles. The second-order valence-corrected chi connectivity index (χ2v) is 5.24. The number of aryl methyl sites for hydroxylation is 1. The number of hydrogen-bond acceptors (Lipinski definition) is 6. The predicted molar refractivity (Wildman–Crippen MR) is 89.3 cm³/mol. The van der Waals surface area contributed by atoms with Gasteiger partial charge in [0.05, 0.1) is 10.6 Å². The van der Waals surface area contributed by atoms with E-state index in [0.29, 0.717) is 5.75 Å². The lowest BCUT2D eigenvalue weighted by molar-refractivity contribution is -0.384. The molecule has 8 nitrogen and oxygen atoms in total. The molecule has 0 saturated carbocycles. The van der Waals surface area contributed by atoms with Crippen LogP contribution in [0.5, 0.6) is 5.75 Å². The van der Waals surface area contributed by atoms with E-state index in [0.717, 1.165) is 23.8 Å². The Morgan fingerprint density at radius 2 is 1.96 bits per heavy atom. The lowest BCUT2D eigenvalue weighted by Gasteiger charge is -2.08. The summed E-state index contributed by atoms with van der Waals surface area (Å²) in [6, 6.07) is 9.71. The molecule has 26 heavy (non-hydrogen) atoms. The zero-order valence-electron chi connectivity index (χ0n) is 13.7. The number of carbonyl (C=O) groups excluding carboxylic acids is 2. The minimum atomic E-state index is -0.849. The third-order valence-corrected chi connectivity index (χ3v) is 3.15. The molecule has 0 aromatic heterocycles. The SMILES string of the molecule is Cc1cccc(OCC(=O)OCC(=O)Nc2cc([N+](=O)[O-])ccc2F)c1. The molecule has 2 rings (SSSR count). The van der Waals surface area contributed by atoms with Crippen molar-refractivity contribution in [3.05, 3.63) is 64.0 Å². The zero-order chi connectivity index (χ0) is 19.1. The molecule has 0 atom stereocenters. The van der Waals surface area contributed by atoms with Crippen molar-refractivity contribution in [3.8, 4) is 5.75 Å². The Kier molecular flexibility index (Phi) is 6.20. The molecule has 136 valence electrons. The second kappa shape index (κ2) is 8.56. The number of anilines is 1. The molecule has 0 saturated heterocycles. The summed E-state index contributed by atoms with van der Waals surface area (Å²) in [5.74, 6) is -2.00. The monoisotopic (exact) mass is 362 g/mol. The van der Waals surface area contributed by atoms with Gasteiger partial charge in [-0.05, 0) is 30.7 Å². The first-order chi connectivity index (χ1) is 12.3. The van der Waals surface area contributed by atoms with E-state index in [4.69, 9.17) is 9.47 Å². The van der Waals surface area contributed by atoms with Gasteiger partial charge in [-0.15, -0.1) is 0 Å². The number of amides is 1. The number of carbonyl (C=O) groups is 2. The first-order valence-electron chi connectivity index (χ1n) is 7.44. The minimum Gasteiger partial charge on any atom is -0.482 e. The van der Waals surface area contributed by atoms with Crippen LogP contribution < -0.4 is 10.1 Å². The maximum absolute atomic E-state index is 13.6. The summed E-state index contributed by atoms with van der Waals surface area (Å²) < 4.78 is 23.5. The normalized spacial score (nSPS) is 10.1. The van der Waals surface area contributed by atoms with Crippen molar-refractivity contribution in [1.29, 1.82) is 0 Å². The Hall–Kier alpha value is -3.49. The van der Waals surface area contributed by atoms with Crippen LogP contribution in [0.2, 0.25) is 0 Å². The Morgan fingerprint density at radius 3 is 2.65 bits per heavy atom. The average molecular weight is 362 g/mol. The Labute approximate surface area is 147 Å². The molecule has 0 aliphatic rings. The molecular formula is C17H15FN2O6. The van der Waals surface area contributed by atoms with E-state index >= 15 is 0 Å². The standard InChI is InChI=1S/C17H15FN2O6/c1-11-3-2-4-13(7-11)25-10-17(22)26-9-16(21)19-15-8-12(20(23)24)5-6-14(15)18/h2-8H,9-10H2,1H3,(H,19,21). The highest BCUT2D eigenvalue weighted by Gasteiger charge is 2.14. The highest BCUT2D eigenvalue weighted by atomic mass is 19.1. The molecule has 1 N–H and O–H groups in total. The molecule has 0 aliphatic heterocycles. The van der Waals surface area contributed by atoms with Crippen LogP contribution in [0.25, 0.3) is 0 Å². The van der Waals surface area contributed by atoms with Crippen LogP contribution >= 0.6 is 0 Å². The van der Waals surface area contributed by atoms with Gasteiger partial charge in [-0.2, -0.15) is 0 Å². The van der Waals surface area contributed by atoms with E-state index in [9.17, 15) is 24.1 Å². The van der Waals surface area contributed by atoms with Crippen molar-refractivity contribution in [3.63, 3.8) is 0 Å². The first-order valence-corrected chi connectivity index (χ1v) is 7.44. The van der Waals surface area contributed by atoms with Gasteiger partial charge in [0.1, 0.15) is 11.6 Å². The molecule has 0 radical (unpaired) electrons. The van der Waals surface area contributed by atoms with Gasteiger partial charge in [0.25, 0.3) is 11.6 Å². The van der Waals surface area contributed by atoms with Gasteiger partial charge >= 0.3 is 5.97 Å². The molecule has 0 fully saturated rings. The molecule has 9 heteroatoms. The van der Waals surface area contributed by atoms with Crippen LogP contribution in [0.1, 0.15) is 5.56 Å². The molecular weight excluding hydrogens is 347 g/mol. The Morgan fingerprint density at radius 1 is 1.19 bits per heavy atom. The summed E-state index contributed by atoms with van der Waals surface area (Å²) in [6.07, 6.45) is 0. The van der Waals surface area contributed by atoms with Crippen molar-refractivity contribution >= 4 is 23.3 Å². The van der Waals surface area contributed by atoms with Gasteiger partial charge < -0.3 is 14.8 Å². The number of non-ortho nitro benzene ring substituents is 1. The van der Waals surface area contributed by atoms with Crippen LogP contribution in [0.15, 0.2) is 42.5 Å². The van der Waals surface area contributed by atoms with Gasteiger partial charge in [-0.3, -0.25) is 14.9 Å². The molecule has 0 bridgehead atoms. The van der Waals surface area contributed by atoms with Crippen LogP contribution in [0.4, 0.5) is 15.8 Å². The summed E-state index contributed by atoms with van der Waals surface area (Å²) in [6.45, 7) is 0.780. The van der Waals surface area contributed by atoms with Gasteiger partial charge in [0, 0.05) is 12.1 Å². The number of benzene rings is 2. The van der Waals surface area contributed by atoms with E-state index in [-0.39, 0.29) is 11.4 Å². The van der Waals surface area contributed by atoms with Crippen LogP contribution in [-0.2, 0) is 14.3 Å². The number of halogens is 1. The zero-order valence-corrected chi connectivity index (χ0v) is 13.7. The number of hydrogen-bond donors (Lipinski definition) is 1. The van der Waals surface area contributed by atoms with Gasteiger partial charge in [-0.1, -0.05) is 12.1 Å². The second-order valence-electron chi connectivity index (χ2n) is 5.24. The molecule has 2 aromatic rings. The first kappa shape index (κ1) is 18.8. The van der Waals surface area contributed by atoms with Gasteiger partial charge in [0.2, 0.25) is 0 Å².